The predicted octanol–water partition coefficient (Wildman–Crippen LogP) is 4.06. The van der Waals surface area contributed by atoms with Crippen LogP contribution in [0.5, 0.6) is 0 Å². The fourth-order valence-electron chi connectivity index (χ4n) is 3.43. The highest BCUT2D eigenvalue weighted by atomic mass is 16.2. The van der Waals surface area contributed by atoms with Crippen LogP contribution in [0.25, 0.3) is 0 Å². The summed E-state index contributed by atoms with van der Waals surface area (Å²) >= 11 is 0. The van der Waals surface area contributed by atoms with E-state index in [-0.39, 0.29) is 23.8 Å². The van der Waals surface area contributed by atoms with Crippen LogP contribution in [0, 0.1) is 5.92 Å². The van der Waals surface area contributed by atoms with E-state index < -0.39 is 0 Å². The van der Waals surface area contributed by atoms with Crippen LogP contribution in [-0.4, -0.2) is 29.8 Å². The summed E-state index contributed by atoms with van der Waals surface area (Å²) in [6.45, 7) is 5.02. The third kappa shape index (κ3) is 5.09. The standard InChI is InChI=1S/C22H27N3O2/c1-16(18-6-4-3-5-7-18)23-20-8-10-21(11-9-20)24-22(27)19-12-14-25(15-13-19)17(2)26/h3-11,16,19,23H,12-15H2,1-2H3,(H,24,27)/t16-/m0/s1. The van der Waals surface area contributed by atoms with E-state index in [2.05, 4.69) is 29.7 Å². The van der Waals surface area contributed by atoms with Crippen LogP contribution in [0.4, 0.5) is 11.4 Å². The summed E-state index contributed by atoms with van der Waals surface area (Å²) < 4.78 is 0. The van der Waals surface area contributed by atoms with E-state index in [4.69, 9.17) is 0 Å². The number of carbonyl (C=O) groups excluding carboxylic acids is 2. The molecule has 1 aliphatic rings. The monoisotopic (exact) mass is 365 g/mol. The van der Waals surface area contributed by atoms with Gasteiger partial charge in [0, 0.05) is 43.3 Å². The first kappa shape index (κ1) is 19.0. The van der Waals surface area contributed by atoms with Crippen molar-refractivity contribution in [3.63, 3.8) is 0 Å². The predicted molar refractivity (Wildman–Crippen MR) is 109 cm³/mol. The van der Waals surface area contributed by atoms with Crippen molar-refractivity contribution in [3.8, 4) is 0 Å². The fourth-order valence-corrected chi connectivity index (χ4v) is 3.43. The summed E-state index contributed by atoms with van der Waals surface area (Å²) in [4.78, 5) is 25.6. The first-order valence-corrected chi connectivity index (χ1v) is 9.51. The molecule has 2 N–H and O–H groups in total. The molecule has 1 aliphatic heterocycles. The lowest BCUT2D eigenvalue weighted by Gasteiger charge is -2.30. The van der Waals surface area contributed by atoms with E-state index in [1.807, 2.05) is 42.5 Å². The van der Waals surface area contributed by atoms with Gasteiger partial charge in [-0.3, -0.25) is 9.59 Å². The first-order valence-electron chi connectivity index (χ1n) is 9.51. The largest absolute Gasteiger partial charge is 0.379 e. The van der Waals surface area contributed by atoms with Crippen molar-refractivity contribution in [2.24, 2.45) is 5.92 Å². The van der Waals surface area contributed by atoms with Crippen LogP contribution >= 0.6 is 0 Å². The van der Waals surface area contributed by atoms with Crippen molar-refractivity contribution in [2.45, 2.75) is 32.7 Å². The molecule has 1 atom stereocenters. The number of nitrogens with one attached hydrogen (secondary N) is 2. The molecule has 2 aromatic carbocycles. The van der Waals surface area contributed by atoms with Crippen LogP contribution in [0.3, 0.4) is 0 Å². The van der Waals surface area contributed by atoms with Gasteiger partial charge >= 0.3 is 0 Å². The Morgan fingerprint density at radius 3 is 2.15 bits per heavy atom. The van der Waals surface area contributed by atoms with Gasteiger partial charge in [-0.25, -0.2) is 0 Å². The van der Waals surface area contributed by atoms with Gasteiger partial charge in [-0.05, 0) is 49.6 Å². The minimum absolute atomic E-state index is 0.0310. The highest BCUT2D eigenvalue weighted by Crippen LogP contribution is 2.22. The normalized spacial score (nSPS) is 15.9. The third-order valence-corrected chi connectivity index (χ3v) is 5.15. The van der Waals surface area contributed by atoms with Crippen LogP contribution in [0.2, 0.25) is 0 Å². The van der Waals surface area contributed by atoms with E-state index in [1.165, 1.54) is 5.56 Å². The van der Waals surface area contributed by atoms with Crippen molar-refractivity contribution < 1.29 is 9.59 Å². The van der Waals surface area contributed by atoms with Gasteiger partial charge in [0.15, 0.2) is 0 Å². The van der Waals surface area contributed by atoms with Gasteiger partial charge in [-0.15, -0.1) is 0 Å². The number of anilines is 2. The molecular weight excluding hydrogens is 338 g/mol. The third-order valence-electron chi connectivity index (χ3n) is 5.15. The minimum atomic E-state index is -0.0310. The number of benzene rings is 2. The average molecular weight is 365 g/mol. The molecule has 2 aromatic rings. The molecule has 2 amide bonds. The number of hydrogen-bond donors (Lipinski definition) is 2. The lowest BCUT2D eigenvalue weighted by molar-refractivity contribution is -0.132. The second kappa shape index (κ2) is 8.71. The van der Waals surface area contributed by atoms with Crippen LogP contribution in [0.15, 0.2) is 54.6 Å². The van der Waals surface area contributed by atoms with Crippen molar-refractivity contribution >= 4 is 23.2 Å². The van der Waals surface area contributed by atoms with Gasteiger partial charge < -0.3 is 15.5 Å². The van der Waals surface area contributed by atoms with Gasteiger partial charge in [0.1, 0.15) is 0 Å². The van der Waals surface area contributed by atoms with E-state index in [0.29, 0.717) is 13.1 Å². The Labute approximate surface area is 160 Å². The first-order chi connectivity index (χ1) is 13.0. The number of nitrogens with zero attached hydrogens (tertiary/aromatic N) is 1. The smallest absolute Gasteiger partial charge is 0.227 e. The van der Waals surface area contributed by atoms with E-state index in [9.17, 15) is 9.59 Å². The minimum Gasteiger partial charge on any atom is -0.379 e. The number of carbonyl (C=O) groups is 2. The molecule has 5 heteroatoms. The summed E-state index contributed by atoms with van der Waals surface area (Å²) in [6, 6.07) is 18.3. The second-order valence-corrected chi connectivity index (χ2v) is 7.12. The zero-order valence-electron chi connectivity index (χ0n) is 15.9. The molecule has 3 rings (SSSR count). The summed E-state index contributed by atoms with van der Waals surface area (Å²) in [5, 5.41) is 6.47. The molecule has 27 heavy (non-hydrogen) atoms. The zero-order valence-corrected chi connectivity index (χ0v) is 15.9. The van der Waals surface area contributed by atoms with Crippen LogP contribution in [0.1, 0.15) is 38.3 Å². The molecule has 0 bridgehead atoms. The Hall–Kier alpha value is -2.82. The highest BCUT2D eigenvalue weighted by molar-refractivity contribution is 5.92. The molecule has 0 aliphatic carbocycles. The molecule has 142 valence electrons. The number of likely N-dealkylation sites (tertiary alicyclic amines) is 1. The van der Waals surface area contributed by atoms with Gasteiger partial charge in [0.25, 0.3) is 0 Å². The number of amides is 2. The quantitative estimate of drug-likeness (QED) is 0.840. The maximum Gasteiger partial charge on any atom is 0.227 e. The summed E-state index contributed by atoms with van der Waals surface area (Å²) in [5.74, 6) is 0.0924. The molecule has 0 aromatic heterocycles. The van der Waals surface area contributed by atoms with Gasteiger partial charge in [0.05, 0.1) is 0 Å². The molecule has 0 spiro atoms. The molecule has 0 saturated carbocycles. The summed E-state index contributed by atoms with van der Waals surface area (Å²) in [5.41, 5.74) is 3.04. The van der Waals surface area contributed by atoms with Crippen molar-refractivity contribution in [3.05, 3.63) is 60.2 Å². The van der Waals surface area contributed by atoms with Crippen LogP contribution < -0.4 is 10.6 Å². The molecule has 1 fully saturated rings. The Morgan fingerprint density at radius 1 is 0.963 bits per heavy atom. The topological polar surface area (TPSA) is 61.4 Å². The molecule has 0 unspecified atom stereocenters. The molecule has 0 radical (unpaired) electrons. The molecule has 1 heterocycles. The van der Waals surface area contributed by atoms with Gasteiger partial charge in [-0.1, -0.05) is 30.3 Å². The Bertz CT molecular complexity index is 766. The SMILES string of the molecule is CC(=O)N1CCC(C(=O)Nc2ccc(N[C@@H](C)c3ccccc3)cc2)CC1. The van der Waals surface area contributed by atoms with Crippen molar-refractivity contribution in [2.75, 3.05) is 23.7 Å². The van der Waals surface area contributed by atoms with E-state index in [0.717, 1.165) is 24.2 Å². The molecule has 1 saturated heterocycles. The maximum atomic E-state index is 12.5. The Kier molecular flexibility index (Phi) is 6.12. The number of rotatable bonds is 5. The summed E-state index contributed by atoms with van der Waals surface area (Å²) in [7, 11) is 0. The molecule has 5 nitrogen and oxygen atoms in total. The van der Waals surface area contributed by atoms with E-state index >= 15 is 0 Å². The lowest BCUT2D eigenvalue weighted by atomic mass is 9.96. The summed E-state index contributed by atoms with van der Waals surface area (Å²) in [6.07, 6.45) is 1.44. The number of piperidine rings is 1. The number of hydrogen-bond acceptors (Lipinski definition) is 3. The highest BCUT2D eigenvalue weighted by Gasteiger charge is 2.25. The van der Waals surface area contributed by atoms with Crippen LogP contribution in [-0.2, 0) is 9.59 Å². The van der Waals surface area contributed by atoms with Gasteiger partial charge in [0.2, 0.25) is 11.8 Å². The Balaban J connectivity index is 1.52. The van der Waals surface area contributed by atoms with Gasteiger partial charge in [-0.2, -0.15) is 0 Å². The second-order valence-electron chi connectivity index (χ2n) is 7.12. The van der Waals surface area contributed by atoms with E-state index in [1.54, 1.807) is 11.8 Å². The fraction of sp³-hybridized carbons (Fsp3) is 0.364. The lowest BCUT2D eigenvalue weighted by Crippen LogP contribution is -2.40. The maximum absolute atomic E-state index is 12.5. The van der Waals surface area contributed by atoms with Crippen molar-refractivity contribution in [1.29, 1.82) is 0 Å². The average Bonchev–Trinajstić information content (AvgIpc) is 2.70. The molecular formula is C22H27N3O2. The zero-order chi connectivity index (χ0) is 19.2. The Morgan fingerprint density at radius 2 is 1.56 bits per heavy atom. The van der Waals surface area contributed by atoms with Crippen molar-refractivity contribution in [1.82, 2.24) is 4.90 Å².